The van der Waals surface area contributed by atoms with E-state index in [1.54, 1.807) is 0 Å². The fourth-order valence-electron chi connectivity index (χ4n) is 2.39. The van der Waals surface area contributed by atoms with Gasteiger partial charge in [0, 0.05) is 10.9 Å². The van der Waals surface area contributed by atoms with Crippen LogP contribution in [0.15, 0.2) is 24.3 Å². The van der Waals surface area contributed by atoms with Crippen molar-refractivity contribution in [2.75, 3.05) is 0 Å². The minimum atomic E-state index is 0.206. The van der Waals surface area contributed by atoms with Gasteiger partial charge in [0.15, 0.2) is 0 Å². The van der Waals surface area contributed by atoms with Gasteiger partial charge in [-0.3, -0.25) is 0 Å². The van der Waals surface area contributed by atoms with E-state index in [4.69, 9.17) is 0 Å². The van der Waals surface area contributed by atoms with Crippen molar-refractivity contribution >= 4 is 10.9 Å². The first-order chi connectivity index (χ1) is 9.24. The van der Waals surface area contributed by atoms with Crippen LogP contribution in [-0.4, -0.2) is 10.1 Å². The van der Waals surface area contributed by atoms with Crippen molar-refractivity contribution in [1.82, 2.24) is 4.98 Å². The molecule has 0 fully saturated rings. The van der Waals surface area contributed by atoms with E-state index in [9.17, 15) is 5.11 Å². The predicted octanol–water partition coefficient (Wildman–Crippen LogP) is 4.63. The van der Waals surface area contributed by atoms with E-state index in [1.165, 1.54) is 24.8 Å². The molecular weight excluding hydrogens is 234 g/mol. The summed E-state index contributed by atoms with van der Waals surface area (Å²) in [5.74, 6) is 0.206. The molecule has 2 heteroatoms. The van der Waals surface area contributed by atoms with E-state index in [0.29, 0.717) is 0 Å². The molecule has 1 N–H and O–H groups in total. The second kappa shape index (κ2) is 6.55. The molecule has 0 radical (unpaired) electrons. The van der Waals surface area contributed by atoms with Crippen LogP contribution in [0.25, 0.3) is 10.9 Å². The summed E-state index contributed by atoms with van der Waals surface area (Å²) in [6.07, 6.45) is 6.77. The zero-order chi connectivity index (χ0) is 13.7. The van der Waals surface area contributed by atoms with E-state index < -0.39 is 0 Å². The number of hydrogen-bond acceptors (Lipinski definition) is 2. The smallest absolute Gasteiger partial charge is 0.214 e. The number of hydrogen-bond donors (Lipinski definition) is 1. The summed E-state index contributed by atoms with van der Waals surface area (Å²) in [4.78, 5) is 4.34. The molecule has 19 heavy (non-hydrogen) atoms. The molecular formula is C17H23NO. The van der Waals surface area contributed by atoms with E-state index in [2.05, 4.69) is 43.1 Å². The van der Waals surface area contributed by atoms with Crippen molar-refractivity contribution in [3.05, 3.63) is 35.4 Å². The maximum Gasteiger partial charge on any atom is 0.214 e. The molecule has 0 amide bonds. The molecule has 1 aromatic heterocycles. The minimum Gasteiger partial charge on any atom is -0.493 e. The van der Waals surface area contributed by atoms with Crippen LogP contribution >= 0.6 is 0 Å². The van der Waals surface area contributed by atoms with Gasteiger partial charge in [-0.05, 0) is 37.0 Å². The summed E-state index contributed by atoms with van der Waals surface area (Å²) < 4.78 is 0. The van der Waals surface area contributed by atoms with Gasteiger partial charge in [0.05, 0.1) is 5.52 Å². The SMILES string of the molecule is CCCCCCc1cc2ccc(CC)cc2nc1O. The van der Waals surface area contributed by atoms with Gasteiger partial charge >= 0.3 is 0 Å². The number of aromatic nitrogens is 1. The molecule has 0 spiro atoms. The fourth-order valence-corrected chi connectivity index (χ4v) is 2.39. The number of aromatic hydroxyl groups is 1. The van der Waals surface area contributed by atoms with Gasteiger partial charge in [0.1, 0.15) is 0 Å². The van der Waals surface area contributed by atoms with Crippen LogP contribution in [0.2, 0.25) is 0 Å². The molecule has 2 nitrogen and oxygen atoms in total. The molecule has 0 aliphatic carbocycles. The number of fused-ring (bicyclic) bond motifs is 1. The summed E-state index contributed by atoms with van der Waals surface area (Å²) in [6.45, 7) is 4.34. The molecule has 0 saturated carbocycles. The Balaban J connectivity index is 2.19. The monoisotopic (exact) mass is 257 g/mol. The van der Waals surface area contributed by atoms with Gasteiger partial charge in [0.2, 0.25) is 5.88 Å². The van der Waals surface area contributed by atoms with E-state index in [0.717, 1.165) is 35.7 Å². The Labute approximate surface area is 115 Å². The van der Waals surface area contributed by atoms with Gasteiger partial charge in [-0.1, -0.05) is 45.2 Å². The molecule has 0 saturated heterocycles. The topological polar surface area (TPSA) is 33.1 Å². The molecule has 1 aromatic carbocycles. The zero-order valence-electron chi connectivity index (χ0n) is 11.9. The van der Waals surface area contributed by atoms with E-state index in [-0.39, 0.29) is 5.88 Å². The third-order valence-corrected chi connectivity index (χ3v) is 3.65. The average Bonchev–Trinajstić information content (AvgIpc) is 2.43. The number of unbranched alkanes of at least 4 members (excludes halogenated alkanes) is 3. The summed E-state index contributed by atoms with van der Waals surface area (Å²) in [5, 5.41) is 11.1. The van der Waals surface area contributed by atoms with Crippen LogP contribution in [0.4, 0.5) is 0 Å². The first-order valence-electron chi connectivity index (χ1n) is 7.36. The molecule has 2 aromatic rings. The first kappa shape index (κ1) is 13.9. The molecule has 0 aliphatic rings. The van der Waals surface area contributed by atoms with Crippen LogP contribution in [0, 0.1) is 0 Å². The maximum atomic E-state index is 10.0. The lowest BCUT2D eigenvalue weighted by Crippen LogP contribution is -1.92. The normalized spacial score (nSPS) is 11.1. The van der Waals surface area contributed by atoms with E-state index in [1.807, 2.05) is 0 Å². The Kier molecular flexibility index (Phi) is 4.78. The molecule has 1 heterocycles. The highest BCUT2D eigenvalue weighted by Crippen LogP contribution is 2.24. The van der Waals surface area contributed by atoms with Crippen molar-refractivity contribution in [2.24, 2.45) is 0 Å². The molecule has 0 bridgehead atoms. The van der Waals surface area contributed by atoms with Gasteiger partial charge in [0.25, 0.3) is 0 Å². The van der Waals surface area contributed by atoms with Crippen molar-refractivity contribution < 1.29 is 5.11 Å². The lowest BCUT2D eigenvalue weighted by Gasteiger charge is -2.07. The highest BCUT2D eigenvalue weighted by molar-refractivity contribution is 5.80. The zero-order valence-corrected chi connectivity index (χ0v) is 11.9. The van der Waals surface area contributed by atoms with Gasteiger partial charge in [-0.25, -0.2) is 4.98 Å². The van der Waals surface area contributed by atoms with Crippen LogP contribution in [0.5, 0.6) is 5.88 Å². The number of benzene rings is 1. The molecule has 0 atom stereocenters. The van der Waals surface area contributed by atoms with Crippen LogP contribution in [0.3, 0.4) is 0 Å². The number of rotatable bonds is 6. The Morgan fingerprint density at radius 1 is 1.05 bits per heavy atom. The fraction of sp³-hybridized carbons (Fsp3) is 0.471. The van der Waals surface area contributed by atoms with Crippen LogP contribution in [-0.2, 0) is 12.8 Å². The standard InChI is InChI=1S/C17H23NO/c1-3-5-6-7-8-15-12-14-10-9-13(4-2)11-16(14)18-17(15)19/h9-12H,3-8H2,1-2H3,(H,18,19). The van der Waals surface area contributed by atoms with Crippen molar-refractivity contribution in [3.8, 4) is 5.88 Å². The number of aryl methyl sites for hydroxylation is 2. The van der Waals surface area contributed by atoms with Crippen LogP contribution < -0.4 is 0 Å². The highest BCUT2D eigenvalue weighted by atomic mass is 16.3. The number of pyridine rings is 1. The Morgan fingerprint density at radius 3 is 2.63 bits per heavy atom. The summed E-state index contributed by atoms with van der Waals surface area (Å²) in [6, 6.07) is 8.40. The Hall–Kier alpha value is -1.57. The summed E-state index contributed by atoms with van der Waals surface area (Å²) in [7, 11) is 0. The third kappa shape index (κ3) is 3.46. The first-order valence-corrected chi connectivity index (χ1v) is 7.36. The lowest BCUT2D eigenvalue weighted by molar-refractivity contribution is 0.447. The minimum absolute atomic E-state index is 0.206. The quantitative estimate of drug-likeness (QED) is 0.766. The van der Waals surface area contributed by atoms with Crippen molar-refractivity contribution in [2.45, 2.75) is 52.4 Å². The largest absolute Gasteiger partial charge is 0.493 e. The van der Waals surface area contributed by atoms with Crippen molar-refractivity contribution in [3.63, 3.8) is 0 Å². The van der Waals surface area contributed by atoms with Gasteiger partial charge in [-0.2, -0.15) is 0 Å². The second-order valence-corrected chi connectivity index (χ2v) is 5.16. The molecule has 0 aliphatic heterocycles. The van der Waals surface area contributed by atoms with E-state index >= 15 is 0 Å². The molecule has 0 unspecified atom stereocenters. The lowest BCUT2D eigenvalue weighted by atomic mass is 10.0. The summed E-state index contributed by atoms with van der Waals surface area (Å²) in [5.41, 5.74) is 3.14. The third-order valence-electron chi connectivity index (χ3n) is 3.65. The van der Waals surface area contributed by atoms with Gasteiger partial charge < -0.3 is 5.11 Å². The molecule has 2 rings (SSSR count). The Morgan fingerprint density at radius 2 is 1.89 bits per heavy atom. The maximum absolute atomic E-state index is 10.0. The Bertz CT molecular complexity index is 548. The average molecular weight is 257 g/mol. The van der Waals surface area contributed by atoms with Crippen LogP contribution in [0.1, 0.15) is 50.7 Å². The predicted molar refractivity (Wildman–Crippen MR) is 80.6 cm³/mol. The van der Waals surface area contributed by atoms with Crippen molar-refractivity contribution in [1.29, 1.82) is 0 Å². The second-order valence-electron chi connectivity index (χ2n) is 5.16. The summed E-state index contributed by atoms with van der Waals surface area (Å²) >= 11 is 0. The highest BCUT2D eigenvalue weighted by Gasteiger charge is 2.06. The molecule has 102 valence electrons. The van der Waals surface area contributed by atoms with Gasteiger partial charge in [-0.15, -0.1) is 0 Å². The number of nitrogens with zero attached hydrogens (tertiary/aromatic N) is 1.